The number of thioether (sulfide) groups is 1. The molecule has 8 heteroatoms. The van der Waals surface area contributed by atoms with E-state index in [1.54, 1.807) is 31.3 Å². The molecule has 1 aromatic carbocycles. The van der Waals surface area contributed by atoms with Crippen LogP contribution in [0.5, 0.6) is 0 Å². The number of pyridine rings is 1. The number of benzene rings is 1. The monoisotopic (exact) mass is 405 g/mol. The molecule has 0 unspecified atom stereocenters. The molecule has 0 spiro atoms. The molecule has 1 amide bonds. The van der Waals surface area contributed by atoms with Crippen molar-refractivity contribution in [3.05, 3.63) is 48.7 Å². The highest BCUT2D eigenvalue weighted by Crippen LogP contribution is 2.25. The van der Waals surface area contributed by atoms with Crippen molar-refractivity contribution in [2.45, 2.75) is 41.4 Å². The lowest BCUT2D eigenvalue weighted by Gasteiger charge is -2.26. The summed E-state index contributed by atoms with van der Waals surface area (Å²) in [5, 5.41) is 3.21. The third kappa shape index (κ3) is 5.09. The molecule has 1 aliphatic heterocycles. The van der Waals surface area contributed by atoms with Crippen LogP contribution in [0, 0.1) is 0 Å². The van der Waals surface area contributed by atoms with Gasteiger partial charge < -0.3 is 5.32 Å². The lowest BCUT2D eigenvalue weighted by atomic mass is 10.2. The molecule has 1 aliphatic rings. The van der Waals surface area contributed by atoms with E-state index in [1.165, 1.54) is 22.1 Å². The standard InChI is InChI=1S/C19H23N3O3S2/c1-15(26-18-10-3-4-11-20-18)19(23)21-16-8-7-9-17(14-16)27(24,25)22-12-5-2-6-13-22/h3-4,7-11,14-15H,2,5-6,12-13H2,1H3,(H,21,23)/t15-/m0/s1. The van der Waals surface area contributed by atoms with Crippen LogP contribution < -0.4 is 5.32 Å². The van der Waals surface area contributed by atoms with E-state index < -0.39 is 10.0 Å². The molecule has 1 N–H and O–H groups in total. The summed E-state index contributed by atoms with van der Waals surface area (Å²) in [6, 6.07) is 12.0. The summed E-state index contributed by atoms with van der Waals surface area (Å²) in [4.78, 5) is 16.9. The SMILES string of the molecule is C[C@H](Sc1ccccn1)C(=O)Nc1cccc(S(=O)(=O)N2CCCCC2)c1. The highest BCUT2D eigenvalue weighted by Gasteiger charge is 2.26. The van der Waals surface area contributed by atoms with Gasteiger partial charge in [0.25, 0.3) is 0 Å². The van der Waals surface area contributed by atoms with Gasteiger partial charge in [-0.1, -0.05) is 30.3 Å². The Morgan fingerprint density at radius 1 is 1.15 bits per heavy atom. The Morgan fingerprint density at radius 3 is 2.63 bits per heavy atom. The highest BCUT2D eigenvalue weighted by atomic mass is 32.2. The van der Waals surface area contributed by atoms with E-state index in [1.807, 2.05) is 18.2 Å². The first-order valence-corrected chi connectivity index (χ1v) is 11.3. The molecular formula is C19H23N3O3S2. The van der Waals surface area contributed by atoms with E-state index in [0.717, 1.165) is 24.3 Å². The van der Waals surface area contributed by atoms with Crippen LogP contribution in [0.25, 0.3) is 0 Å². The van der Waals surface area contributed by atoms with Crippen molar-refractivity contribution in [2.75, 3.05) is 18.4 Å². The molecule has 1 fully saturated rings. The van der Waals surface area contributed by atoms with E-state index in [9.17, 15) is 13.2 Å². The summed E-state index contributed by atoms with van der Waals surface area (Å²) in [6.45, 7) is 2.90. The van der Waals surface area contributed by atoms with Crippen LogP contribution in [0.15, 0.2) is 58.6 Å². The zero-order chi connectivity index (χ0) is 19.3. The fourth-order valence-electron chi connectivity index (χ4n) is 2.88. The average molecular weight is 406 g/mol. The van der Waals surface area contributed by atoms with Crippen LogP contribution in [0.3, 0.4) is 0 Å². The van der Waals surface area contributed by atoms with Crippen molar-refractivity contribution in [2.24, 2.45) is 0 Å². The molecule has 3 rings (SSSR count). The first-order chi connectivity index (χ1) is 13.0. The first-order valence-electron chi connectivity index (χ1n) is 8.95. The third-order valence-electron chi connectivity index (χ3n) is 4.36. The number of sulfonamides is 1. The normalized spacial score (nSPS) is 16.6. The molecule has 1 aromatic heterocycles. The lowest BCUT2D eigenvalue weighted by Crippen LogP contribution is -2.35. The van der Waals surface area contributed by atoms with E-state index in [-0.39, 0.29) is 16.1 Å². The minimum absolute atomic E-state index is 0.196. The van der Waals surface area contributed by atoms with Gasteiger partial charge in [-0.2, -0.15) is 4.31 Å². The molecular weight excluding hydrogens is 382 g/mol. The Bertz CT molecular complexity index is 882. The van der Waals surface area contributed by atoms with Crippen molar-refractivity contribution in [1.82, 2.24) is 9.29 Å². The van der Waals surface area contributed by atoms with Crippen molar-refractivity contribution in [1.29, 1.82) is 0 Å². The predicted molar refractivity (Wildman–Crippen MR) is 107 cm³/mol. The molecule has 1 saturated heterocycles. The second kappa shape index (κ2) is 8.86. The van der Waals surface area contributed by atoms with Gasteiger partial charge in [-0.3, -0.25) is 4.79 Å². The summed E-state index contributed by atoms with van der Waals surface area (Å²) in [5.74, 6) is -0.196. The van der Waals surface area contributed by atoms with Crippen LogP contribution in [0.1, 0.15) is 26.2 Å². The van der Waals surface area contributed by atoms with Crippen molar-refractivity contribution >= 4 is 33.4 Å². The molecule has 6 nitrogen and oxygen atoms in total. The van der Waals surface area contributed by atoms with E-state index in [2.05, 4.69) is 10.3 Å². The summed E-state index contributed by atoms with van der Waals surface area (Å²) < 4.78 is 27.1. The van der Waals surface area contributed by atoms with Crippen molar-refractivity contribution < 1.29 is 13.2 Å². The second-order valence-electron chi connectivity index (χ2n) is 6.41. The maximum atomic E-state index is 12.8. The van der Waals surface area contributed by atoms with Crippen LogP contribution in [0.4, 0.5) is 5.69 Å². The maximum absolute atomic E-state index is 12.8. The fourth-order valence-corrected chi connectivity index (χ4v) is 5.25. The third-order valence-corrected chi connectivity index (χ3v) is 7.30. The minimum Gasteiger partial charge on any atom is -0.325 e. The van der Waals surface area contributed by atoms with E-state index in [4.69, 9.17) is 0 Å². The fraction of sp³-hybridized carbons (Fsp3) is 0.368. The molecule has 1 atom stereocenters. The Kier molecular flexibility index (Phi) is 6.51. The van der Waals surface area contributed by atoms with Gasteiger partial charge in [0.2, 0.25) is 15.9 Å². The number of carbonyl (C=O) groups is 1. The smallest absolute Gasteiger partial charge is 0.243 e. The van der Waals surface area contributed by atoms with Gasteiger partial charge in [0, 0.05) is 25.0 Å². The molecule has 27 heavy (non-hydrogen) atoms. The first kappa shape index (κ1) is 19.9. The number of hydrogen-bond donors (Lipinski definition) is 1. The Balaban J connectivity index is 1.69. The van der Waals surface area contributed by atoms with Crippen molar-refractivity contribution in [3.63, 3.8) is 0 Å². The number of aromatic nitrogens is 1. The molecule has 2 heterocycles. The quantitative estimate of drug-likeness (QED) is 0.746. The van der Waals surface area contributed by atoms with Gasteiger partial charge in [0.15, 0.2) is 0 Å². The highest BCUT2D eigenvalue weighted by molar-refractivity contribution is 8.00. The molecule has 2 aromatic rings. The van der Waals surface area contributed by atoms with Gasteiger partial charge in [-0.05, 0) is 50.1 Å². The zero-order valence-corrected chi connectivity index (χ0v) is 16.8. The largest absolute Gasteiger partial charge is 0.325 e. The molecule has 0 saturated carbocycles. The number of piperidine rings is 1. The number of rotatable bonds is 6. The molecule has 0 aliphatic carbocycles. The summed E-state index contributed by atoms with van der Waals surface area (Å²) in [7, 11) is -3.52. The Morgan fingerprint density at radius 2 is 1.93 bits per heavy atom. The Hall–Kier alpha value is -1.90. The molecule has 0 radical (unpaired) electrons. The maximum Gasteiger partial charge on any atom is 0.243 e. The van der Waals surface area contributed by atoms with E-state index in [0.29, 0.717) is 18.8 Å². The number of nitrogens with zero attached hydrogens (tertiary/aromatic N) is 2. The summed E-state index contributed by atoms with van der Waals surface area (Å²) in [6.07, 6.45) is 4.52. The van der Waals surface area contributed by atoms with Gasteiger partial charge in [0.05, 0.1) is 15.2 Å². The van der Waals surface area contributed by atoms with Crippen LogP contribution in [-0.2, 0) is 14.8 Å². The van der Waals surface area contributed by atoms with Crippen LogP contribution in [-0.4, -0.2) is 42.0 Å². The van der Waals surface area contributed by atoms with Crippen LogP contribution >= 0.6 is 11.8 Å². The topological polar surface area (TPSA) is 79.4 Å². The number of anilines is 1. The second-order valence-corrected chi connectivity index (χ2v) is 9.71. The van der Waals surface area contributed by atoms with Crippen molar-refractivity contribution in [3.8, 4) is 0 Å². The van der Waals surface area contributed by atoms with Gasteiger partial charge in [-0.25, -0.2) is 13.4 Å². The number of carbonyl (C=O) groups excluding carboxylic acids is 1. The zero-order valence-electron chi connectivity index (χ0n) is 15.2. The van der Waals surface area contributed by atoms with Gasteiger partial charge >= 0.3 is 0 Å². The number of hydrogen-bond acceptors (Lipinski definition) is 5. The van der Waals surface area contributed by atoms with Gasteiger partial charge in [0.1, 0.15) is 0 Å². The lowest BCUT2D eigenvalue weighted by molar-refractivity contribution is -0.115. The summed E-state index contributed by atoms with van der Waals surface area (Å²) in [5.41, 5.74) is 0.478. The molecule has 0 bridgehead atoms. The van der Waals surface area contributed by atoms with Crippen LogP contribution in [0.2, 0.25) is 0 Å². The predicted octanol–water partition coefficient (Wildman–Crippen LogP) is 3.38. The number of nitrogens with one attached hydrogen (secondary N) is 1. The Labute approximate surface area is 164 Å². The average Bonchev–Trinajstić information content (AvgIpc) is 2.69. The van der Waals surface area contributed by atoms with E-state index >= 15 is 0 Å². The molecule has 144 valence electrons. The number of amides is 1. The van der Waals surface area contributed by atoms with Gasteiger partial charge in [-0.15, -0.1) is 0 Å². The minimum atomic E-state index is -3.52. The summed E-state index contributed by atoms with van der Waals surface area (Å²) >= 11 is 1.35.